The number of fused-ring (bicyclic) bond motifs is 5. The minimum Gasteiger partial charge on any atom is -0.443 e. The maximum Gasteiger partial charge on any atom is 0.419 e. The molecule has 0 spiro atoms. The second kappa shape index (κ2) is 5.52. The fourth-order valence-electron chi connectivity index (χ4n) is 4.05. The van der Waals surface area contributed by atoms with Gasteiger partial charge in [0.2, 0.25) is 11.8 Å². The number of ketones is 1. The number of amides is 2. The Morgan fingerprint density at radius 3 is 2.44 bits per heavy atom. The van der Waals surface area contributed by atoms with Crippen LogP contribution in [0.15, 0.2) is 24.3 Å². The van der Waals surface area contributed by atoms with Gasteiger partial charge in [-0.1, -0.05) is 18.2 Å². The summed E-state index contributed by atoms with van der Waals surface area (Å²) in [5, 5.41) is 0.594. The third kappa shape index (κ3) is 2.41. The maximum absolute atomic E-state index is 13.0. The number of likely N-dealkylation sites (N-methyl/N-ethyl adjacent to an activating group) is 1. The molecule has 2 heterocycles. The van der Waals surface area contributed by atoms with Crippen LogP contribution in [-0.2, 0) is 14.3 Å². The van der Waals surface area contributed by atoms with Gasteiger partial charge in [0.25, 0.3) is 0 Å². The van der Waals surface area contributed by atoms with Crippen molar-refractivity contribution in [2.45, 2.75) is 38.7 Å². The molecule has 2 aromatic rings. The van der Waals surface area contributed by atoms with Gasteiger partial charge in [0.1, 0.15) is 5.60 Å². The Bertz CT molecular complexity index is 1030. The van der Waals surface area contributed by atoms with Crippen molar-refractivity contribution in [3.63, 3.8) is 0 Å². The zero-order valence-corrected chi connectivity index (χ0v) is 15.6. The standard InChI is InChI=1S/C20H20N2O5/c1-20(2,3)27-19(26)22-12-8-6-5-7-10(12)14-13(23)9-11-15(16(14)22)18(25)21(4)17(11)24/h5-8,11,15H,9H2,1-4H3/t11-,15-/m1/s1. The Balaban J connectivity index is 2.03. The van der Waals surface area contributed by atoms with Crippen LogP contribution in [0.25, 0.3) is 10.9 Å². The van der Waals surface area contributed by atoms with Crippen molar-refractivity contribution in [1.82, 2.24) is 9.47 Å². The number of aromatic nitrogens is 1. The molecule has 0 unspecified atom stereocenters. The second-order valence-corrected chi connectivity index (χ2v) is 8.04. The van der Waals surface area contributed by atoms with Crippen LogP contribution >= 0.6 is 0 Å². The molecule has 1 aliphatic heterocycles. The van der Waals surface area contributed by atoms with Crippen molar-refractivity contribution in [2.75, 3.05) is 7.05 Å². The molecule has 2 amide bonds. The van der Waals surface area contributed by atoms with Crippen molar-refractivity contribution >= 4 is 34.6 Å². The van der Waals surface area contributed by atoms with Crippen molar-refractivity contribution < 1.29 is 23.9 Å². The minimum atomic E-state index is -0.852. The summed E-state index contributed by atoms with van der Waals surface area (Å²) in [7, 11) is 1.41. The van der Waals surface area contributed by atoms with Crippen molar-refractivity contribution in [3.05, 3.63) is 35.5 Å². The van der Waals surface area contributed by atoms with Crippen LogP contribution in [0.1, 0.15) is 49.2 Å². The average Bonchev–Trinajstić information content (AvgIpc) is 3.03. The predicted molar refractivity (Wildman–Crippen MR) is 96.5 cm³/mol. The highest BCUT2D eigenvalue weighted by molar-refractivity contribution is 6.19. The first-order chi connectivity index (χ1) is 12.6. The predicted octanol–water partition coefficient (Wildman–Crippen LogP) is 2.71. The van der Waals surface area contributed by atoms with Crippen LogP contribution < -0.4 is 0 Å². The Kier molecular flexibility index (Phi) is 3.57. The van der Waals surface area contributed by atoms with Crippen LogP contribution in [0, 0.1) is 5.92 Å². The van der Waals surface area contributed by atoms with Crippen LogP contribution in [-0.4, -0.2) is 45.8 Å². The summed E-state index contributed by atoms with van der Waals surface area (Å²) >= 11 is 0. The van der Waals surface area contributed by atoms with Gasteiger partial charge in [-0.2, -0.15) is 0 Å². The van der Waals surface area contributed by atoms with E-state index in [4.69, 9.17) is 4.74 Å². The molecule has 0 bridgehead atoms. The van der Waals surface area contributed by atoms with Crippen LogP contribution in [0.3, 0.4) is 0 Å². The monoisotopic (exact) mass is 368 g/mol. The van der Waals surface area contributed by atoms with Gasteiger partial charge in [-0.3, -0.25) is 19.3 Å². The van der Waals surface area contributed by atoms with E-state index in [0.717, 1.165) is 4.90 Å². The lowest BCUT2D eigenvalue weighted by molar-refractivity contribution is -0.137. The third-order valence-electron chi connectivity index (χ3n) is 5.11. The quantitative estimate of drug-likeness (QED) is 0.668. The Labute approximate surface area is 155 Å². The summed E-state index contributed by atoms with van der Waals surface area (Å²) in [6.07, 6.45) is -0.697. The first-order valence-corrected chi connectivity index (χ1v) is 8.83. The summed E-state index contributed by atoms with van der Waals surface area (Å²) in [4.78, 5) is 52.2. The van der Waals surface area contributed by atoms with Crippen molar-refractivity contribution in [1.29, 1.82) is 0 Å². The lowest BCUT2D eigenvalue weighted by Gasteiger charge is -2.25. The Hall–Kier alpha value is -2.96. The lowest BCUT2D eigenvalue weighted by atomic mass is 9.78. The summed E-state index contributed by atoms with van der Waals surface area (Å²) in [6.45, 7) is 5.24. The molecule has 1 aliphatic carbocycles. The Morgan fingerprint density at radius 1 is 1.11 bits per heavy atom. The van der Waals surface area contributed by atoms with Crippen molar-refractivity contribution in [2.24, 2.45) is 5.92 Å². The molecule has 7 nitrogen and oxygen atoms in total. The second-order valence-electron chi connectivity index (χ2n) is 8.04. The van der Waals surface area contributed by atoms with Crippen LogP contribution in [0.4, 0.5) is 4.79 Å². The van der Waals surface area contributed by atoms with E-state index in [0.29, 0.717) is 16.5 Å². The van der Waals surface area contributed by atoms with Gasteiger partial charge in [0.15, 0.2) is 5.78 Å². The average molecular weight is 368 g/mol. The molecule has 1 saturated heterocycles. The van der Waals surface area contributed by atoms with E-state index in [1.54, 1.807) is 45.0 Å². The number of likely N-dealkylation sites (tertiary alicyclic amines) is 1. The number of Topliss-reactive ketones (excluding diaryl/α,β-unsaturated/α-hetero) is 1. The van der Waals surface area contributed by atoms with E-state index < -0.39 is 29.4 Å². The number of hydrogen-bond acceptors (Lipinski definition) is 5. The molecule has 140 valence electrons. The number of imide groups is 1. The zero-order chi connectivity index (χ0) is 19.7. The van der Waals surface area contributed by atoms with E-state index in [1.165, 1.54) is 11.6 Å². The number of carbonyl (C=O) groups excluding carboxylic acids is 4. The SMILES string of the molecule is CN1C(=O)[C@@H]2CC(=O)c3c(n(C(=O)OC(C)(C)C)c4ccccc34)[C@@H]2C1=O. The van der Waals surface area contributed by atoms with E-state index in [-0.39, 0.29) is 23.8 Å². The number of para-hydroxylation sites is 1. The van der Waals surface area contributed by atoms with Gasteiger partial charge in [0.05, 0.1) is 23.0 Å². The van der Waals surface area contributed by atoms with Crippen LogP contribution in [0.5, 0.6) is 0 Å². The first kappa shape index (κ1) is 17.5. The number of carbonyl (C=O) groups is 4. The van der Waals surface area contributed by atoms with E-state index in [2.05, 4.69) is 0 Å². The maximum atomic E-state index is 13.0. The minimum absolute atomic E-state index is 0.0328. The highest BCUT2D eigenvalue weighted by Gasteiger charge is 2.54. The van der Waals surface area contributed by atoms with Crippen LogP contribution in [0.2, 0.25) is 0 Å². The van der Waals surface area contributed by atoms with Gasteiger partial charge in [-0.05, 0) is 26.8 Å². The molecule has 1 aromatic heterocycles. The normalized spacial score (nSPS) is 22.2. The fourth-order valence-corrected chi connectivity index (χ4v) is 4.05. The van der Waals surface area contributed by atoms with E-state index in [1.807, 2.05) is 0 Å². The van der Waals surface area contributed by atoms with Crippen molar-refractivity contribution in [3.8, 4) is 0 Å². The van der Waals surface area contributed by atoms with Gasteiger partial charge in [0, 0.05) is 24.4 Å². The molecule has 2 atom stereocenters. The van der Waals surface area contributed by atoms with E-state index in [9.17, 15) is 19.2 Å². The number of hydrogen-bond donors (Lipinski definition) is 0. The zero-order valence-electron chi connectivity index (χ0n) is 15.6. The van der Waals surface area contributed by atoms with Gasteiger partial charge in [-0.15, -0.1) is 0 Å². The number of ether oxygens (including phenoxy) is 1. The number of rotatable bonds is 0. The molecule has 1 aromatic carbocycles. The molecule has 27 heavy (non-hydrogen) atoms. The summed E-state index contributed by atoms with van der Waals surface area (Å²) < 4.78 is 6.83. The summed E-state index contributed by atoms with van der Waals surface area (Å²) in [6, 6.07) is 6.99. The van der Waals surface area contributed by atoms with Gasteiger partial charge in [-0.25, -0.2) is 9.36 Å². The number of nitrogens with zero attached hydrogens (tertiary/aromatic N) is 2. The third-order valence-corrected chi connectivity index (χ3v) is 5.11. The van der Waals surface area contributed by atoms with Gasteiger partial charge >= 0.3 is 6.09 Å². The molecule has 0 N–H and O–H groups in total. The molecule has 0 saturated carbocycles. The number of benzene rings is 1. The Morgan fingerprint density at radius 2 is 1.78 bits per heavy atom. The molecule has 0 radical (unpaired) electrons. The highest BCUT2D eigenvalue weighted by atomic mass is 16.6. The molecule has 1 fully saturated rings. The fraction of sp³-hybridized carbons (Fsp3) is 0.400. The smallest absolute Gasteiger partial charge is 0.419 e. The highest BCUT2D eigenvalue weighted by Crippen LogP contribution is 2.46. The molecule has 7 heteroatoms. The first-order valence-electron chi connectivity index (χ1n) is 8.83. The molecular weight excluding hydrogens is 348 g/mol. The van der Waals surface area contributed by atoms with E-state index >= 15 is 0 Å². The molecule has 2 aliphatic rings. The lowest BCUT2D eigenvalue weighted by Crippen LogP contribution is -2.33. The molecule has 4 rings (SSSR count). The van der Waals surface area contributed by atoms with Gasteiger partial charge < -0.3 is 4.74 Å². The largest absolute Gasteiger partial charge is 0.443 e. The topological polar surface area (TPSA) is 85.7 Å². The molecular formula is C20H20N2O5. The summed E-state index contributed by atoms with van der Waals surface area (Å²) in [5.41, 5.74) is 0.365. The summed E-state index contributed by atoms with van der Waals surface area (Å²) in [5.74, 6) is -2.64.